The lowest BCUT2D eigenvalue weighted by molar-refractivity contribution is -0.298. The van der Waals surface area contributed by atoms with E-state index in [4.69, 9.17) is 0 Å². The minimum atomic E-state index is -5.71. The van der Waals surface area contributed by atoms with Crippen LogP contribution in [-0.2, 0) is 11.3 Å². The standard InChI is InChI=1S/C12H11F6NO2/c1-10(11(13,14)15,12(16,17)18)19-9(20)21-7-8-5-3-2-4-6-8/h2-6H,7H2,1H3,(H,19,20). The SMILES string of the molecule is CC(NC(=O)OCc1ccccc1)(C(F)(F)F)C(F)(F)F. The monoisotopic (exact) mass is 315 g/mol. The predicted octanol–water partition coefficient (Wildman–Crippen LogP) is 3.80. The third-order valence-corrected chi connectivity index (χ3v) is 2.70. The summed E-state index contributed by atoms with van der Waals surface area (Å²) in [4.78, 5) is 11.2. The van der Waals surface area contributed by atoms with Crippen LogP contribution in [0.5, 0.6) is 0 Å². The van der Waals surface area contributed by atoms with Gasteiger partial charge in [0.05, 0.1) is 0 Å². The molecular formula is C12H11F6NO2. The van der Waals surface area contributed by atoms with Gasteiger partial charge in [0.1, 0.15) is 6.61 Å². The molecule has 0 bridgehead atoms. The lowest BCUT2D eigenvalue weighted by atomic mass is 10.0. The molecule has 1 amide bonds. The molecule has 118 valence electrons. The number of hydrogen-bond donors (Lipinski definition) is 1. The van der Waals surface area contributed by atoms with Crippen molar-refractivity contribution in [2.45, 2.75) is 31.4 Å². The minimum Gasteiger partial charge on any atom is -0.445 e. The number of halogens is 6. The van der Waals surface area contributed by atoms with E-state index in [-0.39, 0.29) is 6.92 Å². The molecule has 0 aromatic heterocycles. The quantitative estimate of drug-likeness (QED) is 0.862. The number of carbonyl (C=O) groups excluding carboxylic acids is 1. The van der Waals surface area contributed by atoms with Crippen molar-refractivity contribution < 1.29 is 35.9 Å². The summed E-state index contributed by atoms with van der Waals surface area (Å²) in [5.41, 5.74) is -3.96. The van der Waals surface area contributed by atoms with E-state index in [0.29, 0.717) is 5.56 Å². The van der Waals surface area contributed by atoms with Crippen molar-refractivity contribution in [1.82, 2.24) is 5.32 Å². The Morgan fingerprint density at radius 2 is 1.52 bits per heavy atom. The van der Waals surface area contributed by atoms with Crippen LogP contribution >= 0.6 is 0 Å². The first-order valence-corrected chi connectivity index (χ1v) is 5.60. The second-order valence-corrected chi connectivity index (χ2v) is 4.31. The first kappa shape index (κ1) is 17.1. The Labute approximate surface area is 115 Å². The van der Waals surface area contributed by atoms with E-state index < -0.39 is 30.6 Å². The van der Waals surface area contributed by atoms with Crippen molar-refractivity contribution in [1.29, 1.82) is 0 Å². The number of hydrogen-bond acceptors (Lipinski definition) is 2. The number of benzene rings is 1. The number of alkyl carbamates (subject to hydrolysis) is 1. The fourth-order valence-corrected chi connectivity index (χ4v) is 1.27. The molecule has 0 saturated heterocycles. The highest BCUT2D eigenvalue weighted by atomic mass is 19.4. The van der Waals surface area contributed by atoms with Crippen LogP contribution in [0.15, 0.2) is 30.3 Å². The number of nitrogens with one attached hydrogen (secondary N) is 1. The van der Waals surface area contributed by atoms with Gasteiger partial charge in [-0.2, -0.15) is 26.3 Å². The molecular weight excluding hydrogens is 304 g/mol. The number of carbonyl (C=O) groups is 1. The highest BCUT2D eigenvalue weighted by Crippen LogP contribution is 2.42. The van der Waals surface area contributed by atoms with E-state index in [1.165, 1.54) is 12.1 Å². The van der Waals surface area contributed by atoms with E-state index in [2.05, 4.69) is 4.74 Å². The fourth-order valence-electron chi connectivity index (χ4n) is 1.27. The molecule has 0 fully saturated rings. The molecule has 0 heterocycles. The zero-order valence-corrected chi connectivity index (χ0v) is 10.7. The second-order valence-electron chi connectivity index (χ2n) is 4.31. The molecule has 0 aliphatic carbocycles. The molecule has 0 unspecified atom stereocenters. The highest BCUT2D eigenvalue weighted by Gasteiger charge is 2.69. The first-order chi connectivity index (χ1) is 9.47. The van der Waals surface area contributed by atoms with Crippen LogP contribution in [0.2, 0.25) is 0 Å². The maximum absolute atomic E-state index is 12.5. The first-order valence-electron chi connectivity index (χ1n) is 5.60. The van der Waals surface area contributed by atoms with E-state index >= 15 is 0 Å². The fraction of sp³-hybridized carbons (Fsp3) is 0.417. The summed E-state index contributed by atoms with van der Waals surface area (Å²) >= 11 is 0. The van der Waals surface area contributed by atoms with E-state index in [0.717, 1.165) is 5.32 Å². The number of rotatable bonds is 3. The van der Waals surface area contributed by atoms with E-state index in [1.54, 1.807) is 18.2 Å². The van der Waals surface area contributed by atoms with Gasteiger partial charge >= 0.3 is 18.4 Å². The van der Waals surface area contributed by atoms with Gasteiger partial charge in [0.25, 0.3) is 0 Å². The summed E-state index contributed by atoms with van der Waals surface area (Å²) < 4.78 is 79.6. The third-order valence-electron chi connectivity index (χ3n) is 2.70. The Balaban J connectivity index is 2.75. The molecule has 0 saturated carbocycles. The summed E-state index contributed by atoms with van der Waals surface area (Å²) in [6.07, 6.45) is -13.2. The Bertz CT molecular complexity index is 469. The maximum Gasteiger partial charge on any atom is 0.420 e. The summed E-state index contributed by atoms with van der Waals surface area (Å²) in [7, 11) is 0. The summed E-state index contributed by atoms with van der Waals surface area (Å²) in [5, 5.41) is 0.832. The lowest BCUT2D eigenvalue weighted by Crippen LogP contribution is -2.65. The van der Waals surface area contributed by atoms with Crippen molar-refractivity contribution in [3.05, 3.63) is 35.9 Å². The summed E-state index contributed by atoms with van der Waals surface area (Å²) in [6.45, 7) is -0.616. The maximum atomic E-state index is 12.5. The average Bonchev–Trinajstić information content (AvgIpc) is 2.35. The van der Waals surface area contributed by atoms with E-state index in [1.807, 2.05) is 0 Å². The zero-order chi connectivity index (χ0) is 16.3. The minimum absolute atomic E-state index is 0.170. The van der Waals surface area contributed by atoms with Gasteiger partial charge in [-0.05, 0) is 12.5 Å². The second kappa shape index (κ2) is 5.82. The molecule has 1 aromatic rings. The van der Waals surface area contributed by atoms with Crippen LogP contribution in [0, 0.1) is 0 Å². The van der Waals surface area contributed by atoms with Crippen molar-refractivity contribution in [2.24, 2.45) is 0 Å². The molecule has 9 heteroatoms. The molecule has 0 radical (unpaired) electrons. The third kappa shape index (κ3) is 4.02. The number of alkyl halides is 6. The van der Waals surface area contributed by atoms with Crippen LogP contribution in [0.4, 0.5) is 31.1 Å². The van der Waals surface area contributed by atoms with Gasteiger partial charge in [-0.3, -0.25) is 5.32 Å². The summed E-state index contributed by atoms with van der Waals surface area (Å²) in [6, 6.07) is 7.80. The smallest absolute Gasteiger partial charge is 0.420 e. The van der Waals surface area contributed by atoms with Gasteiger partial charge < -0.3 is 4.74 Å². The highest BCUT2D eigenvalue weighted by molar-refractivity contribution is 5.68. The zero-order valence-electron chi connectivity index (χ0n) is 10.7. The van der Waals surface area contributed by atoms with Gasteiger partial charge in [0.15, 0.2) is 0 Å². The molecule has 0 aliphatic rings. The molecule has 0 atom stereocenters. The largest absolute Gasteiger partial charge is 0.445 e. The van der Waals surface area contributed by atoms with Crippen LogP contribution in [0.3, 0.4) is 0 Å². The molecule has 21 heavy (non-hydrogen) atoms. The normalized spacial score (nSPS) is 12.9. The molecule has 0 spiro atoms. The molecule has 3 nitrogen and oxygen atoms in total. The van der Waals surface area contributed by atoms with Gasteiger partial charge in [0, 0.05) is 0 Å². The van der Waals surface area contributed by atoms with Crippen molar-refractivity contribution in [2.75, 3.05) is 0 Å². The topological polar surface area (TPSA) is 38.3 Å². The molecule has 1 N–H and O–H groups in total. The molecule has 0 aliphatic heterocycles. The average molecular weight is 315 g/mol. The Kier molecular flexibility index (Phi) is 4.75. The van der Waals surface area contributed by atoms with Crippen LogP contribution in [-0.4, -0.2) is 24.0 Å². The van der Waals surface area contributed by atoms with Crippen molar-refractivity contribution in [3.8, 4) is 0 Å². The lowest BCUT2D eigenvalue weighted by Gasteiger charge is -2.34. The van der Waals surface area contributed by atoms with Crippen molar-refractivity contribution >= 4 is 6.09 Å². The number of ether oxygens (including phenoxy) is 1. The van der Waals surface area contributed by atoms with Crippen molar-refractivity contribution in [3.63, 3.8) is 0 Å². The predicted molar refractivity (Wildman–Crippen MR) is 60.3 cm³/mol. The number of amides is 1. The van der Waals surface area contributed by atoms with Gasteiger partial charge in [-0.15, -0.1) is 0 Å². The Hall–Kier alpha value is -1.93. The van der Waals surface area contributed by atoms with E-state index in [9.17, 15) is 31.1 Å². The van der Waals surface area contributed by atoms with Crippen LogP contribution in [0.25, 0.3) is 0 Å². The van der Waals surface area contributed by atoms with Crippen LogP contribution < -0.4 is 5.32 Å². The molecule has 1 aromatic carbocycles. The van der Waals surface area contributed by atoms with Crippen LogP contribution in [0.1, 0.15) is 12.5 Å². The molecule has 1 rings (SSSR count). The van der Waals surface area contributed by atoms with Gasteiger partial charge in [-0.25, -0.2) is 4.79 Å². The van der Waals surface area contributed by atoms with Gasteiger partial charge in [0.2, 0.25) is 5.54 Å². The Morgan fingerprint density at radius 3 is 1.95 bits per heavy atom. The summed E-state index contributed by atoms with van der Waals surface area (Å²) in [5.74, 6) is 0. The Morgan fingerprint density at radius 1 is 1.05 bits per heavy atom. The van der Waals surface area contributed by atoms with Gasteiger partial charge in [-0.1, -0.05) is 30.3 Å².